The van der Waals surface area contributed by atoms with Gasteiger partial charge >= 0.3 is 0 Å². The van der Waals surface area contributed by atoms with Crippen molar-refractivity contribution in [2.45, 2.75) is 57.9 Å². The second-order valence-electron chi connectivity index (χ2n) is 9.69. The molecule has 0 unspecified atom stereocenters. The average molecular weight is 473 g/mol. The average Bonchev–Trinajstić information content (AvgIpc) is 3.56. The third-order valence-electron chi connectivity index (χ3n) is 5.62. The second-order valence-corrected chi connectivity index (χ2v) is 11.7. The van der Waals surface area contributed by atoms with Gasteiger partial charge in [0.2, 0.25) is 10.0 Å². The number of aromatic nitrogens is 2. The number of nitrogens with zero attached hydrogens (tertiary/aromatic N) is 3. The summed E-state index contributed by atoms with van der Waals surface area (Å²) >= 11 is 0. The van der Waals surface area contributed by atoms with E-state index in [1.165, 1.54) is 0 Å². The van der Waals surface area contributed by atoms with Gasteiger partial charge in [0.15, 0.2) is 0 Å². The molecule has 0 radical (unpaired) electrons. The summed E-state index contributed by atoms with van der Waals surface area (Å²) in [5.41, 5.74) is 2.44. The van der Waals surface area contributed by atoms with Gasteiger partial charge in [0.25, 0.3) is 6.43 Å². The second kappa shape index (κ2) is 8.50. The van der Waals surface area contributed by atoms with Gasteiger partial charge in [0.1, 0.15) is 17.8 Å². The van der Waals surface area contributed by atoms with Crippen LogP contribution < -0.4 is 4.72 Å². The molecule has 33 heavy (non-hydrogen) atoms. The molecule has 4 rings (SSSR count). The Morgan fingerprint density at radius 3 is 2.61 bits per heavy atom. The van der Waals surface area contributed by atoms with Crippen molar-refractivity contribution in [2.75, 3.05) is 0 Å². The maximum atomic E-state index is 14.1. The van der Waals surface area contributed by atoms with Crippen LogP contribution in [0.5, 0.6) is 0 Å². The Morgan fingerprint density at radius 2 is 2.00 bits per heavy atom. The van der Waals surface area contributed by atoms with E-state index in [0.29, 0.717) is 35.9 Å². The molecule has 1 aromatic carbocycles. The fourth-order valence-electron chi connectivity index (χ4n) is 4.01. The van der Waals surface area contributed by atoms with E-state index in [1.807, 2.05) is 31.4 Å². The first-order valence-corrected chi connectivity index (χ1v) is 12.3. The monoisotopic (exact) mass is 472 g/mol. The first-order chi connectivity index (χ1) is 15.5. The van der Waals surface area contributed by atoms with Crippen molar-refractivity contribution in [3.05, 3.63) is 54.0 Å². The standard InChI is InChI=1S/C24H26F2N4O2S/c1-24(2,3)14-30-13-19(22(23(25)26)29-33(31,32)16-7-8-16)18-9-6-15(11-21(18)30)17-5-4-10-28-20(17)12-27/h4-6,9-11,13,16,22-23,29H,7-8,14H2,1-3H3/t22-/m0/s1. The molecule has 6 nitrogen and oxygen atoms in total. The number of pyridine rings is 1. The van der Waals surface area contributed by atoms with Crippen molar-refractivity contribution in [1.82, 2.24) is 14.3 Å². The Labute approximate surface area is 192 Å². The van der Waals surface area contributed by atoms with Gasteiger partial charge in [-0.05, 0) is 42.0 Å². The zero-order chi connectivity index (χ0) is 24.0. The molecule has 1 fully saturated rings. The summed E-state index contributed by atoms with van der Waals surface area (Å²) < 4.78 is 57.4. The van der Waals surface area contributed by atoms with Crippen LogP contribution in [0.1, 0.15) is 50.9 Å². The molecule has 1 atom stereocenters. The molecule has 1 N–H and O–H groups in total. The molecule has 2 heterocycles. The Kier molecular flexibility index (Phi) is 6.01. The smallest absolute Gasteiger partial charge is 0.258 e. The van der Waals surface area contributed by atoms with Gasteiger partial charge in [-0.3, -0.25) is 0 Å². The van der Waals surface area contributed by atoms with Crippen LogP contribution in [0.4, 0.5) is 8.78 Å². The largest absolute Gasteiger partial charge is 0.347 e. The highest BCUT2D eigenvalue weighted by Crippen LogP contribution is 2.37. The van der Waals surface area contributed by atoms with Crippen LogP contribution in [0.25, 0.3) is 22.0 Å². The Hall–Kier alpha value is -2.83. The van der Waals surface area contributed by atoms with Gasteiger partial charge in [-0.15, -0.1) is 0 Å². The highest BCUT2D eigenvalue weighted by Gasteiger charge is 2.40. The lowest BCUT2D eigenvalue weighted by atomic mass is 9.96. The number of sulfonamides is 1. The SMILES string of the molecule is CC(C)(C)Cn1cc([C@H](NS(=O)(=O)C2CC2)C(F)F)c2ccc(-c3cccnc3C#N)cc21. The minimum Gasteiger partial charge on any atom is -0.347 e. The fraction of sp³-hybridized carbons (Fsp3) is 0.417. The van der Waals surface area contributed by atoms with E-state index in [4.69, 9.17) is 0 Å². The molecular formula is C24H26F2N4O2S. The number of fused-ring (bicyclic) bond motifs is 1. The van der Waals surface area contributed by atoms with Gasteiger partial charge < -0.3 is 4.57 Å². The van der Waals surface area contributed by atoms with E-state index < -0.39 is 27.7 Å². The zero-order valence-corrected chi connectivity index (χ0v) is 19.5. The van der Waals surface area contributed by atoms with Crippen LogP contribution >= 0.6 is 0 Å². The highest BCUT2D eigenvalue weighted by molar-refractivity contribution is 7.90. The summed E-state index contributed by atoms with van der Waals surface area (Å²) in [6.07, 6.45) is 1.25. The van der Waals surface area contributed by atoms with Gasteiger partial charge in [0.05, 0.1) is 5.25 Å². The highest BCUT2D eigenvalue weighted by atomic mass is 32.2. The number of nitrogens with one attached hydrogen (secondary N) is 1. The van der Waals surface area contributed by atoms with Crippen LogP contribution in [0, 0.1) is 16.7 Å². The molecule has 2 aromatic heterocycles. The predicted molar refractivity (Wildman–Crippen MR) is 123 cm³/mol. The normalized spacial score (nSPS) is 15.7. The van der Waals surface area contributed by atoms with E-state index in [2.05, 4.69) is 15.8 Å². The minimum atomic E-state index is -3.82. The van der Waals surface area contributed by atoms with Crippen molar-refractivity contribution in [1.29, 1.82) is 5.26 Å². The summed E-state index contributed by atoms with van der Waals surface area (Å²) in [5, 5.41) is 9.39. The summed E-state index contributed by atoms with van der Waals surface area (Å²) in [7, 11) is -3.82. The fourth-order valence-corrected chi connectivity index (χ4v) is 5.54. The van der Waals surface area contributed by atoms with E-state index >= 15 is 0 Å². The topological polar surface area (TPSA) is 87.8 Å². The number of rotatable bonds is 7. The molecule has 9 heteroatoms. The van der Waals surface area contributed by atoms with Gasteiger partial charge in [-0.1, -0.05) is 32.9 Å². The molecule has 0 saturated heterocycles. The molecular weight excluding hydrogens is 446 g/mol. The third kappa shape index (κ3) is 4.92. The number of alkyl halides is 2. The zero-order valence-electron chi connectivity index (χ0n) is 18.7. The number of nitriles is 1. The summed E-state index contributed by atoms with van der Waals surface area (Å²) in [5.74, 6) is 0. The predicted octanol–water partition coefficient (Wildman–Crippen LogP) is 5.01. The van der Waals surface area contributed by atoms with Crippen molar-refractivity contribution in [3.8, 4) is 17.2 Å². The summed E-state index contributed by atoms with van der Waals surface area (Å²) in [6, 6.07) is 9.28. The van der Waals surface area contributed by atoms with Crippen molar-refractivity contribution in [3.63, 3.8) is 0 Å². The van der Waals surface area contributed by atoms with Gasteiger partial charge in [-0.2, -0.15) is 5.26 Å². The lowest BCUT2D eigenvalue weighted by molar-refractivity contribution is 0.109. The van der Waals surface area contributed by atoms with Crippen molar-refractivity contribution < 1.29 is 17.2 Å². The summed E-state index contributed by atoms with van der Waals surface area (Å²) in [4.78, 5) is 4.11. The van der Waals surface area contributed by atoms with Crippen LogP contribution in [0.15, 0.2) is 42.7 Å². The molecule has 1 aliphatic rings. The summed E-state index contributed by atoms with van der Waals surface area (Å²) in [6.45, 7) is 6.66. The molecule has 0 bridgehead atoms. The van der Waals surface area contributed by atoms with Crippen LogP contribution in [0.2, 0.25) is 0 Å². The van der Waals surface area contributed by atoms with Gasteiger partial charge in [-0.25, -0.2) is 26.9 Å². The van der Waals surface area contributed by atoms with Crippen molar-refractivity contribution in [2.24, 2.45) is 5.41 Å². The van der Waals surface area contributed by atoms with Crippen LogP contribution in [-0.4, -0.2) is 29.6 Å². The Morgan fingerprint density at radius 1 is 1.27 bits per heavy atom. The maximum Gasteiger partial charge on any atom is 0.258 e. The molecule has 0 spiro atoms. The van der Waals surface area contributed by atoms with E-state index in [9.17, 15) is 22.5 Å². The molecule has 0 aliphatic heterocycles. The van der Waals surface area contributed by atoms with Crippen molar-refractivity contribution >= 4 is 20.9 Å². The minimum absolute atomic E-state index is 0.154. The first kappa shape index (κ1) is 23.3. The molecule has 3 aromatic rings. The number of hydrogen-bond acceptors (Lipinski definition) is 4. The lowest BCUT2D eigenvalue weighted by Crippen LogP contribution is -2.35. The van der Waals surface area contributed by atoms with Gasteiger partial charge in [0, 0.05) is 41.0 Å². The van der Waals surface area contributed by atoms with Crippen LogP contribution in [-0.2, 0) is 16.6 Å². The Bertz CT molecular complexity index is 1330. The number of hydrogen-bond donors (Lipinski definition) is 1. The molecule has 1 aliphatic carbocycles. The quantitative estimate of drug-likeness (QED) is 0.524. The molecule has 1 saturated carbocycles. The van der Waals surface area contributed by atoms with E-state index in [0.717, 1.165) is 5.56 Å². The van der Waals surface area contributed by atoms with Crippen LogP contribution in [0.3, 0.4) is 0 Å². The lowest BCUT2D eigenvalue weighted by Gasteiger charge is -2.20. The van der Waals surface area contributed by atoms with E-state index in [-0.39, 0.29) is 16.7 Å². The molecule has 174 valence electrons. The molecule has 0 amide bonds. The maximum absolute atomic E-state index is 14.1. The third-order valence-corrected chi connectivity index (χ3v) is 7.56. The number of halogens is 2. The Balaban J connectivity index is 1.87. The number of benzene rings is 1. The first-order valence-electron chi connectivity index (χ1n) is 10.8. The van der Waals surface area contributed by atoms with E-state index in [1.54, 1.807) is 36.7 Å².